The molecule has 1 aromatic heterocycles. The zero-order chi connectivity index (χ0) is 15.8. The second-order valence-electron chi connectivity index (χ2n) is 4.54. The van der Waals surface area contributed by atoms with E-state index in [0.717, 1.165) is 26.4 Å². The fourth-order valence-electron chi connectivity index (χ4n) is 1.73. The van der Waals surface area contributed by atoms with Crippen LogP contribution >= 0.6 is 34.7 Å². The van der Waals surface area contributed by atoms with Crippen molar-refractivity contribution in [1.29, 1.82) is 0 Å². The minimum Gasteiger partial charge on any atom is -0.383 e. The van der Waals surface area contributed by atoms with Gasteiger partial charge in [-0.2, -0.15) is 0 Å². The Balaban J connectivity index is 1.80. The lowest BCUT2D eigenvalue weighted by Gasteiger charge is -2.02. The molecule has 0 aliphatic heterocycles. The van der Waals surface area contributed by atoms with E-state index in [2.05, 4.69) is 10.3 Å². The van der Waals surface area contributed by atoms with Crippen molar-refractivity contribution in [1.82, 2.24) is 10.3 Å². The van der Waals surface area contributed by atoms with Crippen LogP contribution in [0.15, 0.2) is 34.0 Å². The maximum Gasteiger partial charge on any atom is 0.226 e. The average Bonchev–Trinajstić information content (AvgIpc) is 2.93. The number of aromatic nitrogens is 1. The van der Waals surface area contributed by atoms with Gasteiger partial charge < -0.3 is 10.1 Å². The molecule has 0 spiro atoms. The molecule has 0 aliphatic rings. The van der Waals surface area contributed by atoms with E-state index in [1.165, 1.54) is 0 Å². The molecule has 0 saturated carbocycles. The third kappa shape index (κ3) is 5.96. The number of nitrogens with zero attached hydrogens (tertiary/aromatic N) is 1. The number of methoxy groups -OCH3 is 1. The maximum absolute atomic E-state index is 11.7. The number of thiazole rings is 1. The Morgan fingerprint density at radius 1 is 1.50 bits per heavy atom. The number of benzene rings is 1. The molecule has 1 aromatic carbocycles. The SMILES string of the molecule is COCCNC(=O)Cc1csc(SCc2cccc(Cl)c2)n1. The van der Waals surface area contributed by atoms with Crippen LogP contribution in [0.1, 0.15) is 11.3 Å². The summed E-state index contributed by atoms with van der Waals surface area (Å²) in [6, 6.07) is 7.79. The first-order valence-electron chi connectivity index (χ1n) is 6.74. The summed E-state index contributed by atoms with van der Waals surface area (Å²) >= 11 is 9.17. The molecule has 1 heterocycles. The van der Waals surface area contributed by atoms with Crippen LogP contribution in [0.5, 0.6) is 0 Å². The number of thioether (sulfide) groups is 1. The smallest absolute Gasteiger partial charge is 0.226 e. The second-order valence-corrected chi connectivity index (χ2v) is 7.06. The summed E-state index contributed by atoms with van der Waals surface area (Å²) in [5.41, 5.74) is 1.96. The summed E-state index contributed by atoms with van der Waals surface area (Å²) in [7, 11) is 1.61. The first-order valence-corrected chi connectivity index (χ1v) is 8.99. The Hall–Kier alpha value is -1.08. The van der Waals surface area contributed by atoms with E-state index in [9.17, 15) is 4.79 Å². The quantitative estimate of drug-likeness (QED) is 0.582. The van der Waals surface area contributed by atoms with Gasteiger partial charge in [-0.05, 0) is 17.7 Å². The number of halogens is 1. The van der Waals surface area contributed by atoms with E-state index >= 15 is 0 Å². The molecule has 1 N–H and O–H groups in total. The lowest BCUT2D eigenvalue weighted by atomic mass is 10.2. The highest BCUT2D eigenvalue weighted by Crippen LogP contribution is 2.27. The van der Waals surface area contributed by atoms with Gasteiger partial charge in [0.25, 0.3) is 0 Å². The summed E-state index contributed by atoms with van der Waals surface area (Å²) in [6.07, 6.45) is 0.304. The van der Waals surface area contributed by atoms with E-state index in [-0.39, 0.29) is 5.91 Å². The summed E-state index contributed by atoms with van der Waals surface area (Å²) in [5.74, 6) is 0.779. The number of ether oxygens (including phenoxy) is 1. The first kappa shape index (κ1) is 17.3. The molecule has 7 heteroatoms. The van der Waals surface area contributed by atoms with Crippen LogP contribution < -0.4 is 5.32 Å². The minimum atomic E-state index is -0.0336. The van der Waals surface area contributed by atoms with Crippen LogP contribution in [0.2, 0.25) is 5.02 Å². The van der Waals surface area contributed by atoms with Gasteiger partial charge in [0, 0.05) is 29.8 Å². The highest BCUT2D eigenvalue weighted by atomic mass is 35.5. The predicted molar refractivity (Wildman–Crippen MR) is 91.7 cm³/mol. The summed E-state index contributed by atoms with van der Waals surface area (Å²) in [5, 5.41) is 5.45. The van der Waals surface area contributed by atoms with Crippen molar-refractivity contribution in [2.75, 3.05) is 20.3 Å². The van der Waals surface area contributed by atoms with E-state index in [1.807, 2.05) is 29.6 Å². The molecule has 0 fully saturated rings. The maximum atomic E-state index is 11.7. The van der Waals surface area contributed by atoms with Crippen LogP contribution in [0.4, 0.5) is 0 Å². The Kier molecular flexibility index (Phi) is 7.18. The largest absolute Gasteiger partial charge is 0.383 e. The van der Waals surface area contributed by atoms with Crippen LogP contribution in [-0.4, -0.2) is 31.2 Å². The summed E-state index contributed by atoms with van der Waals surface area (Å²) in [6.45, 7) is 1.04. The Morgan fingerprint density at radius 3 is 3.14 bits per heavy atom. The van der Waals surface area contributed by atoms with Gasteiger partial charge >= 0.3 is 0 Å². The molecule has 0 unspecified atom stereocenters. The van der Waals surface area contributed by atoms with Gasteiger partial charge in [-0.3, -0.25) is 4.79 Å². The predicted octanol–water partition coefficient (Wildman–Crippen LogP) is 3.39. The van der Waals surface area contributed by atoms with E-state index in [0.29, 0.717) is 19.6 Å². The molecule has 0 radical (unpaired) electrons. The van der Waals surface area contributed by atoms with Crippen molar-refractivity contribution in [3.8, 4) is 0 Å². The highest BCUT2D eigenvalue weighted by molar-refractivity contribution is 8.00. The number of hydrogen-bond donors (Lipinski definition) is 1. The number of nitrogens with one attached hydrogen (secondary N) is 1. The molecular formula is C15H17ClN2O2S2. The van der Waals surface area contributed by atoms with Gasteiger partial charge in [-0.15, -0.1) is 11.3 Å². The highest BCUT2D eigenvalue weighted by Gasteiger charge is 2.08. The van der Waals surface area contributed by atoms with Crippen LogP contribution in [0.25, 0.3) is 0 Å². The number of rotatable bonds is 8. The lowest BCUT2D eigenvalue weighted by molar-refractivity contribution is -0.120. The Labute approximate surface area is 143 Å². The van der Waals surface area contributed by atoms with Gasteiger partial charge in [0.1, 0.15) is 4.34 Å². The molecule has 0 saturated heterocycles. The van der Waals surface area contributed by atoms with E-state index in [1.54, 1.807) is 30.2 Å². The molecule has 1 amide bonds. The molecule has 22 heavy (non-hydrogen) atoms. The van der Waals surface area contributed by atoms with Crippen LogP contribution in [0.3, 0.4) is 0 Å². The lowest BCUT2D eigenvalue weighted by Crippen LogP contribution is -2.28. The van der Waals surface area contributed by atoms with Gasteiger partial charge in [0.15, 0.2) is 0 Å². The molecule has 118 valence electrons. The second kappa shape index (κ2) is 9.15. The standard InChI is InChI=1S/C15H17ClN2O2S2/c1-20-6-5-17-14(19)8-13-10-22-15(18-13)21-9-11-3-2-4-12(16)7-11/h2-4,7,10H,5-6,8-9H2,1H3,(H,17,19). The molecule has 4 nitrogen and oxygen atoms in total. The number of amides is 1. The average molecular weight is 357 g/mol. The molecule has 0 bridgehead atoms. The van der Waals surface area contributed by atoms with Crippen LogP contribution in [0, 0.1) is 0 Å². The molecule has 2 rings (SSSR count). The van der Waals surface area contributed by atoms with Gasteiger partial charge in [-0.1, -0.05) is 35.5 Å². The number of hydrogen-bond acceptors (Lipinski definition) is 5. The molecule has 0 atom stereocenters. The van der Waals surface area contributed by atoms with Crippen molar-refractivity contribution >= 4 is 40.6 Å². The van der Waals surface area contributed by atoms with Crippen molar-refractivity contribution in [2.24, 2.45) is 0 Å². The third-order valence-corrected chi connectivity index (χ3v) is 5.13. The molecular weight excluding hydrogens is 340 g/mol. The fraction of sp³-hybridized carbons (Fsp3) is 0.333. The van der Waals surface area contributed by atoms with Gasteiger partial charge in [0.2, 0.25) is 5.91 Å². The van der Waals surface area contributed by atoms with Gasteiger partial charge in [0.05, 0.1) is 18.7 Å². The molecule has 2 aromatic rings. The summed E-state index contributed by atoms with van der Waals surface area (Å²) in [4.78, 5) is 16.2. The minimum absolute atomic E-state index is 0.0336. The summed E-state index contributed by atoms with van der Waals surface area (Å²) < 4.78 is 5.85. The van der Waals surface area contributed by atoms with Gasteiger partial charge in [-0.25, -0.2) is 4.98 Å². The van der Waals surface area contributed by atoms with E-state index in [4.69, 9.17) is 16.3 Å². The number of carbonyl (C=O) groups excluding carboxylic acids is 1. The van der Waals surface area contributed by atoms with E-state index < -0.39 is 0 Å². The first-order chi connectivity index (χ1) is 10.7. The van der Waals surface area contributed by atoms with Crippen LogP contribution in [-0.2, 0) is 21.7 Å². The normalized spacial score (nSPS) is 10.6. The topological polar surface area (TPSA) is 51.2 Å². The Bertz CT molecular complexity index is 619. The fourth-order valence-corrected chi connectivity index (χ4v) is 3.73. The third-order valence-electron chi connectivity index (χ3n) is 2.75. The zero-order valence-electron chi connectivity index (χ0n) is 12.2. The van der Waals surface area contributed by atoms with Crippen molar-refractivity contribution in [3.63, 3.8) is 0 Å². The Morgan fingerprint density at radius 2 is 2.36 bits per heavy atom. The number of carbonyl (C=O) groups is 1. The van der Waals surface area contributed by atoms with Crippen molar-refractivity contribution in [2.45, 2.75) is 16.5 Å². The molecule has 0 aliphatic carbocycles. The zero-order valence-corrected chi connectivity index (χ0v) is 14.6. The van der Waals surface area contributed by atoms with Crippen molar-refractivity contribution < 1.29 is 9.53 Å². The van der Waals surface area contributed by atoms with Crippen molar-refractivity contribution in [3.05, 3.63) is 45.9 Å². The monoisotopic (exact) mass is 356 g/mol.